The van der Waals surface area contributed by atoms with Crippen molar-refractivity contribution in [3.05, 3.63) is 24.2 Å². The van der Waals surface area contributed by atoms with E-state index in [0.717, 1.165) is 37.1 Å². The third-order valence-electron chi connectivity index (χ3n) is 2.72. The van der Waals surface area contributed by atoms with Crippen LogP contribution in [0.15, 0.2) is 27.8 Å². The molecular weight excluding hydrogens is 202 g/mol. The molecule has 0 amide bonds. The first-order valence-corrected chi connectivity index (χ1v) is 5.85. The van der Waals surface area contributed by atoms with E-state index in [2.05, 4.69) is 15.6 Å². The van der Waals surface area contributed by atoms with E-state index in [9.17, 15) is 0 Å². The van der Waals surface area contributed by atoms with E-state index >= 15 is 0 Å². The highest BCUT2D eigenvalue weighted by atomic mass is 16.3. The Morgan fingerprint density at radius 2 is 2.38 bits per heavy atom. The molecule has 4 heteroatoms. The largest absolute Gasteiger partial charge is 0.469 e. The molecule has 1 aliphatic rings. The Morgan fingerprint density at radius 3 is 3.00 bits per heavy atom. The molecule has 0 aromatic carbocycles. The van der Waals surface area contributed by atoms with Crippen LogP contribution >= 0.6 is 0 Å². The van der Waals surface area contributed by atoms with Crippen molar-refractivity contribution in [2.24, 2.45) is 10.9 Å². The van der Waals surface area contributed by atoms with Crippen molar-refractivity contribution in [3.63, 3.8) is 0 Å². The van der Waals surface area contributed by atoms with Gasteiger partial charge < -0.3 is 15.1 Å². The summed E-state index contributed by atoms with van der Waals surface area (Å²) in [6.45, 7) is 1.89. The van der Waals surface area contributed by atoms with Crippen LogP contribution in [-0.2, 0) is 6.42 Å². The highest BCUT2D eigenvalue weighted by Gasteiger charge is 2.20. The van der Waals surface area contributed by atoms with Crippen molar-refractivity contribution in [2.45, 2.75) is 19.3 Å². The molecule has 2 rings (SSSR count). The monoisotopic (exact) mass is 221 g/mol. The fourth-order valence-corrected chi connectivity index (χ4v) is 1.54. The first kappa shape index (κ1) is 11.0. The molecule has 0 spiro atoms. The smallest absolute Gasteiger partial charge is 0.190 e. The lowest BCUT2D eigenvalue weighted by Crippen LogP contribution is -2.39. The van der Waals surface area contributed by atoms with Gasteiger partial charge in [0.2, 0.25) is 0 Å². The van der Waals surface area contributed by atoms with E-state index < -0.39 is 0 Å². The molecule has 1 aromatic heterocycles. The lowest BCUT2D eigenvalue weighted by atomic mass is 10.3. The fourth-order valence-electron chi connectivity index (χ4n) is 1.54. The Morgan fingerprint density at radius 1 is 1.50 bits per heavy atom. The predicted molar refractivity (Wildman–Crippen MR) is 64.5 cm³/mol. The van der Waals surface area contributed by atoms with Gasteiger partial charge in [-0.1, -0.05) is 0 Å². The quantitative estimate of drug-likeness (QED) is 0.583. The lowest BCUT2D eigenvalue weighted by Gasteiger charge is -2.10. The maximum atomic E-state index is 5.26. The molecule has 0 radical (unpaired) electrons. The molecule has 1 fully saturated rings. The van der Waals surface area contributed by atoms with Crippen molar-refractivity contribution in [3.8, 4) is 0 Å². The van der Waals surface area contributed by atoms with Gasteiger partial charge in [-0.3, -0.25) is 4.99 Å². The van der Waals surface area contributed by atoms with Crippen molar-refractivity contribution >= 4 is 5.96 Å². The van der Waals surface area contributed by atoms with Gasteiger partial charge in [-0.15, -0.1) is 0 Å². The van der Waals surface area contributed by atoms with Gasteiger partial charge in [0.25, 0.3) is 0 Å². The zero-order valence-electron chi connectivity index (χ0n) is 9.70. The minimum Gasteiger partial charge on any atom is -0.469 e. The molecule has 1 heterocycles. The molecule has 88 valence electrons. The topological polar surface area (TPSA) is 49.6 Å². The van der Waals surface area contributed by atoms with E-state index in [1.54, 1.807) is 13.3 Å². The highest BCUT2D eigenvalue weighted by molar-refractivity contribution is 5.79. The number of guanidine groups is 1. The van der Waals surface area contributed by atoms with E-state index in [0.29, 0.717) is 0 Å². The van der Waals surface area contributed by atoms with Crippen LogP contribution in [0, 0.1) is 5.92 Å². The standard InChI is InChI=1S/C12H19N3O/c1-13-12(15-9-10-4-5-10)14-7-6-11-3-2-8-16-11/h2-3,8,10H,4-7,9H2,1H3,(H2,13,14,15). The molecule has 1 aliphatic carbocycles. The van der Waals surface area contributed by atoms with Gasteiger partial charge in [0, 0.05) is 26.6 Å². The summed E-state index contributed by atoms with van der Waals surface area (Å²) in [5.74, 6) is 2.76. The SMILES string of the molecule is CN=C(NCCc1ccco1)NCC1CC1. The van der Waals surface area contributed by atoms with Crippen molar-refractivity contribution in [1.29, 1.82) is 0 Å². The number of aliphatic imine (C=N–C) groups is 1. The van der Waals surface area contributed by atoms with Gasteiger partial charge in [0.05, 0.1) is 6.26 Å². The van der Waals surface area contributed by atoms with Gasteiger partial charge in [-0.2, -0.15) is 0 Å². The number of hydrogen-bond acceptors (Lipinski definition) is 2. The Labute approximate surface area is 96.1 Å². The predicted octanol–water partition coefficient (Wildman–Crippen LogP) is 1.40. The second-order valence-corrected chi connectivity index (χ2v) is 4.15. The molecule has 4 nitrogen and oxygen atoms in total. The maximum absolute atomic E-state index is 5.26. The molecular formula is C12H19N3O. The molecule has 2 N–H and O–H groups in total. The van der Waals surface area contributed by atoms with Crippen LogP contribution in [0.1, 0.15) is 18.6 Å². The van der Waals surface area contributed by atoms with Crippen molar-refractivity contribution in [1.82, 2.24) is 10.6 Å². The minimum absolute atomic E-state index is 0.845. The van der Waals surface area contributed by atoms with Crippen LogP contribution in [0.5, 0.6) is 0 Å². The van der Waals surface area contributed by atoms with Gasteiger partial charge in [0.15, 0.2) is 5.96 Å². The summed E-state index contributed by atoms with van der Waals surface area (Å²) in [6.07, 6.45) is 5.30. The van der Waals surface area contributed by atoms with Crippen LogP contribution in [0.2, 0.25) is 0 Å². The first-order chi connectivity index (χ1) is 7.88. The molecule has 0 unspecified atom stereocenters. The number of hydrogen-bond donors (Lipinski definition) is 2. The molecule has 0 aliphatic heterocycles. The first-order valence-electron chi connectivity index (χ1n) is 5.85. The Bertz CT molecular complexity index is 328. The molecule has 0 saturated heterocycles. The third-order valence-corrected chi connectivity index (χ3v) is 2.72. The van der Waals surface area contributed by atoms with E-state index in [4.69, 9.17) is 4.42 Å². The van der Waals surface area contributed by atoms with Crippen molar-refractivity contribution in [2.75, 3.05) is 20.1 Å². The normalized spacial score (nSPS) is 16.2. The Hall–Kier alpha value is -1.45. The summed E-state index contributed by atoms with van der Waals surface area (Å²) in [5, 5.41) is 6.59. The Balaban J connectivity index is 1.62. The lowest BCUT2D eigenvalue weighted by molar-refractivity contribution is 0.506. The summed E-state index contributed by atoms with van der Waals surface area (Å²) in [5.41, 5.74) is 0. The zero-order valence-corrected chi connectivity index (χ0v) is 9.70. The Kier molecular flexibility index (Phi) is 3.86. The van der Waals surface area contributed by atoms with Crippen LogP contribution in [0.25, 0.3) is 0 Å². The second-order valence-electron chi connectivity index (χ2n) is 4.15. The van der Waals surface area contributed by atoms with Crippen LogP contribution in [0.4, 0.5) is 0 Å². The summed E-state index contributed by atoms with van der Waals surface area (Å²) in [4.78, 5) is 4.17. The minimum atomic E-state index is 0.845. The summed E-state index contributed by atoms with van der Waals surface area (Å²) in [6, 6.07) is 3.90. The molecule has 1 saturated carbocycles. The zero-order chi connectivity index (χ0) is 11.2. The van der Waals surface area contributed by atoms with Gasteiger partial charge >= 0.3 is 0 Å². The van der Waals surface area contributed by atoms with Gasteiger partial charge in [0.1, 0.15) is 5.76 Å². The van der Waals surface area contributed by atoms with E-state index in [-0.39, 0.29) is 0 Å². The summed E-state index contributed by atoms with van der Waals surface area (Å²) in [7, 11) is 1.80. The molecule has 1 aromatic rings. The van der Waals surface area contributed by atoms with Crippen LogP contribution < -0.4 is 10.6 Å². The van der Waals surface area contributed by atoms with E-state index in [1.165, 1.54) is 12.8 Å². The summed E-state index contributed by atoms with van der Waals surface area (Å²) < 4.78 is 5.26. The second kappa shape index (κ2) is 5.58. The highest BCUT2D eigenvalue weighted by Crippen LogP contribution is 2.27. The third kappa shape index (κ3) is 3.61. The number of nitrogens with one attached hydrogen (secondary N) is 2. The van der Waals surface area contributed by atoms with Crippen LogP contribution in [-0.4, -0.2) is 26.1 Å². The van der Waals surface area contributed by atoms with Gasteiger partial charge in [-0.25, -0.2) is 0 Å². The number of furan rings is 1. The summed E-state index contributed by atoms with van der Waals surface area (Å²) >= 11 is 0. The van der Waals surface area contributed by atoms with Crippen LogP contribution in [0.3, 0.4) is 0 Å². The average Bonchev–Trinajstić information content (AvgIpc) is 2.99. The molecule has 0 bridgehead atoms. The van der Waals surface area contributed by atoms with Crippen molar-refractivity contribution < 1.29 is 4.42 Å². The fraction of sp³-hybridized carbons (Fsp3) is 0.583. The average molecular weight is 221 g/mol. The molecule has 0 atom stereocenters. The van der Waals surface area contributed by atoms with Gasteiger partial charge in [-0.05, 0) is 30.9 Å². The van der Waals surface area contributed by atoms with E-state index in [1.807, 2.05) is 12.1 Å². The maximum Gasteiger partial charge on any atom is 0.190 e. The number of nitrogens with zero attached hydrogens (tertiary/aromatic N) is 1. The number of rotatable bonds is 5. The molecule has 16 heavy (non-hydrogen) atoms.